The minimum absolute atomic E-state index is 0.153. The Balaban J connectivity index is 1.25. The molecule has 1 amide bonds. The lowest BCUT2D eigenvalue weighted by Gasteiger charge is -2.24. The van der Waals surface area contributed by atoms with Crippen LogP contribution in [0.25, 0.3) is 11.3 Å². The molecule has 33 heavy (non-hydrogen) atoms. The third kappa shape index (κ3) is 6.21. The number of nitrogens with zero attached hydrogens (tertiary/aromatic N) is 2. The number of nitrogens with one attached hydrogen (secondary N) is 1. The number of aromatic nitrogens is 1. The Labute approximate surface area is 195 Å². The van der Waals surface area contributed by atoms with Gasteiger partial charge >= 0.3 is 6.18 Å². The SMILES string of the molecule is O=C1CC[C@@H](CCNCc2cccc(C(F)(F)F)c2)N1CCc1nc(-c2ccccc2)cs1. The second-order valence-electron chi connectivity index (χ2n) is 8.19. The minimum atomic E-state index is -4.33. The normalized spacial score (nSPS) is 16.5. The molecule has 0 bridgehead atoms. The van der Waals surface area contributed by atoms with E-state index in [1.807, 2.05) is 40.6 Å². The van der Waals surface area contributed by atoms with Crippen molar-refractivity contribution < 1.29 is 18.0 Å². The van der Waals surface area contributed by atoms with Crippen molar-refractivity contribution in [2.75, 3.05) is 13.1 Å². The van der Waals surface area contributed by atoms with Crippen molar-refractivity contribution >= 4 is 17.2 Å². The number of hydrogen-bond acceptors (Lipinski definition) is 4. The molecule has 1 aliphatic heterocycles. The Morgan fingerprint density at radius 2 is 1.94 bits per heavy atom. The summed E-state index contributed by atoms with van der Waals surface area (Å²) in [6, 6.07) is 15.5. The van der Waals surface area contributed by atoms with Crippen LogP contribution in [0.15, 0.2) is 60.0 Å². The third-order valence-electron chi connectivity index (χ3n) is 5.88. The average Bonchev–Trinajstić information content (AvgIpc) is 3.42. The smallest absolute Gasteiger partial charge is 0.339 e. The molecule has 1 aliphatic rings. The molecule has 0 aliphatic carbocycles. The summed E-state index contributed by atoms with van der Waals surface area (Å²) >= 11 is 1.61. The first-order chi connectivity index (χ1) is 15.9. The van der Waals surface area contributed by atoms with Crippen molar-refractivity contribution in [3.8, 4) is 11.3 Å². The van der Waals surface area contributed by atoms with E-state index in [0.29, 0.717) is 31.6 Å². The average molecular weight is 474 g/mol. The molecule has 8 heteroatoms. The lowest BCUT2D eigenvalue weighted by molar-refractivity contribution is -0.137. The predicted octanol–water partition coefficient (Wildman–Crippen LogP) is 5.54. The highest BCUT2D eigenvalue weighted by atomic mass is 32.1. The van der Waals surface area contributed by atoms with E-state index in [2.05, 4.69) is 5.32 Å². The first kappa shape index (κ1) is 23.4. The van der Waals surface area contributed by atoms with Gasteiger partial charge in [0.2, 0.25) is 5.91 Å². The van der Waals surface area contributed by atoms with Crippen LogP contribution in [0.4, 0.5) is 13.2 Å². The maximum Gasteiger partial charge on any atom is 0.416 e. The van der Waals surface area contributed by atoms with Gasteiger partial charge < -0.3 is 10.2 Å². The van der Waals surface area contributed by atoms with Gasteiger partial charge in [0, 0.05) is 42.9 Å². The maximum absolute atomic E-state index is 12.9. The van der Waals surface area contributed by atoms with Crippen molar-refractivity contribution in [3.63, 3.8) is 0 Å². The second kappa shape index (κ2) is 10.5. The highest BCUT2D eigenvalue weighted by Crippen LogP contribution is 2.29. The molecule has 1 fully saturated rings. The van der Waals surface area contributed by atoms with E-state index in [-0.39, 0.29) is 11.9 Å². The first-order valence-electron chi connectivity index (χ1n) is 11.1. The molecule has 0 saturated carbocycles. The minimum Gasteiger partial charge on any atom is -0.339 e. The molecule has 4 nitrogen and oxygen atoms in total. The van der Waals surface area contributed by atoms with Gasteiger partial charge in [-0.3, -0.25) is 4.79 Å². The summed E-state index contributed by atoms with van der Waals surface area (Å²) in [7, 11) is 0. The fourth-order valence-corrected chi connectivity index (χ4v) is 4.94. The number of thiazole rings is 1. The Kier molecular flexibility index (Phi) is 7.45. The summed E-state index contributed by atoms with van der Waals surface area (Å²) < 4.78 is 38.6. The number of hydrogen-bond donors (Lipinski definition) is 1. The Morgan fingerprint density at radius 3 is 2.73 bits per heavy atom. The monoisotopic (exact) mass is 473 g/mol. The number of rotatable bonds is 9. The Morgan fingerprint density at radius 1 is 1.12 bits per heavy atom. The molecule has 0 spiro atoms. The first-order valence-corrected chi connectivity index (χ1v) is 11.9. The van der Waals surface area contributed by atoms with Gasteiger partial charge in [-0.2, -0.15) is 13.2 Å². The van der Waals surface area contributed by atoms with Gasteiger partial charge in [-0.05, 0) is 31.0 Å². The fraction of sp³-hybridized carbons (Fsp3) is 0.360. The van der Waals surface area contributed by atoms with Gasteiger partial charge in [-0.25, -0.2) is 4.98 Å². The van der Waals surface area contributed by atoms with Crippen LogP contribution in [0.1, 0.15) is 35.4 Å². The van der Waals surface area contributed by atoms with Crippen LogP contribution < -0.4 is 5.32 Å². The van der Waals surface area contributed by atoms with Crippen molar-refractivity contribution in [1.82, 2.24) is 15.2 Å². The number of amides is 1. The molecule has 1 N–H and O–H groups in total. The zero-order valence-electron chi connectivity index (χ0n) is 18.1. The van der Waals surface area contributed by atoms with Gasteiger partial charge in [0.25, 0.3) is 0 Å². The van der Waals surface area contributed by atoms with E-state index >= 15 is 0 Å². The number of carbonyl (C=O) groups excluding carboxylic acids is 1. The summed E-state index contributed by atoms with van der Waals surface area (Å²) in [6.07, 6.45) is -1.47. The topological polar surface area (TPSA) is 45.2 Å². The van der Waals surface area contributed by atoms with E-state index in [1.165, 1.54) is 12.1 Å². The van der Waals surface area contributed by atoms with Crippen LogP contribution in [-0.2, 0) is 23.9 Å². The lowest BCUT2D eigenvalue weighted by Crippen LogP contribution is -2.36. The van der Waals surface area contributed by atoms with E-state index in [9.17, 15) is 18.0 Å². The quantitative estimate of drug-likeness (QED) is 0.415. The van der Waals surface area contributed by atoms with Crippen LogP contribution in [0.5, 0.6) is 0 Å². The van der Waals surface area contributed by atoms with Crippen LogP contribution in [0.2, 0.25) is 0 Å². The summed E-state index contributed by atoms with van der Waals surface area (Å²) in [5, 5.41) is 6.28. The van der Waals surface area contributed by atoms with Crippen molar-refractivity contribution in [2.45, 2.75) is 44.4 Å². The maximum atomic E-state index is 12.9. The summed E-state index contributed by atoms with van der Waals surface area (Å²) in [4.78, 5) is 19.1. The van der Waals surface area contributed by atoms with E-state index < -0.39 is 11.7 Å². The largest absolute Gasteiger partial charge is 0.416 e. The highest BCUT2D eigenvalue weighted by Gasteiger charge is 2.31. The molecule has 3 aromatic rings. The van der Waals surface area contributed by atoms with Gasteiger partial charge in [0.1, 0.15) is 0 Å². The molecule has 2 heterocycles. The number of benzene rings is 2. The van der Waals surface area contributed by atoms with Gasteiger partial charge in [-0.1, -0.05) is 48.5 Å². The summed E-state index contributed by atoms with van der Waals surface area (Å²) in [5.74, 6) is 0.165. The third-order valence-corrected chi connectivity index (χ3v) is 6.79. The molecule has 0 unspecified atom stereocenters. The van der Waals surface area contributed by atoms with Crippen molar-refractivity contribution in [3.05, 3.63) is 76.1 Å². The number of alkyl halides is 3. The van der Waals surface area contributed by atoms with E-state index in [1.54, 1.807) is 17.4 Å². The zero-order chi connectivity index (χ0) is 23.3. The van der Waals surface area contributed by atoms with Crippen LogP contribution >= 0.6 is 11.3 Å². The standard InChI is InChI=1S/C25H26F3N3OS/c26-25(27,28)20-8-4-5-18(15-20)16-29-13-11-21-9-10-24(32)31(21)14-12-23-30-22(17-33-23)19-6-2-1-3-7-19/h1-8,15,17,21,29H,9-14,16H2/t21-/m0/s1. The molecule has 0 radical (unpaired) electrons. The second-order valence-corrected chi connectivity index (χ2v) is 9.13. The van der Waals surface area contributed by atoms with Gasteiger partial charge in [-0.15, -0.1) is 11.3 Å². The summed E-state index contributed by atoms with van der Waals surface area (Å²) in [6.45, 7) is 1.64. The number of halogens is 3. The highest BCUT2D eigenvalue weighted by molar-refractivity contribution is 7.09. The van der Waals surface area contributed by atoms with Crippen LogP contribution in [-0.4, -0.2) is 34.9 Å². The molecule has 174 valence electrons. The number of carbonyl (C=O) groups is 1. The Bertz CT molecular complexity index is 1070. The van der Waals surface area contributed by atoms with Crippen LogP contribution in [0, 0.1) is 0 Å². The lowest BCUT2D eigenvalue weighted by atomic mass is 10.1. The van der Waals surface area contributed by atoms with Gasteiger partial charge in [0.05, 0.1) is 16.3 Å². The summed E-state index contributed by atoms with van der Waals surface area (Å²) in [5.41, 5.74) is 2.01. The van der Waals surface area contributed by atoms with E-state index in [0.717, 1.165) is 41.6 Å². The van der Waals surface area contributed by atoms with Gasteiger partial charge in [0.15, 0.2) is 0 Å². The molecular formula is C25H26F3N3OS. The zero-order valence-corrected chi connectivity index (χ0v) is 19.0. The molecule has 1 aromatic heterocycles. The molecule has 2 aromatic carbocycles. The molecule has 1 atom stereocenters. The Hall–Kier alpha value is -2.71. The molecule has 4 rings (SSSR count). The number of likely N-dealkylation sites (tertiary alicyclic amines) is 1. The fourth-order valence-electron chi connectivity index (χ4n) is 4.14. The van der Waals surface area contributed by atoms with E-state index in [4.69, 9.17) is 4.98 Å². The predicted molar refractivity (Wildman–Crippen MR) is 124 cm³/mol. The molecular weight excluding hydrogens is 447 g/mol. The van der Waals surface area contributed by atoms with Crippen molar-refractivity contribution in [1.29, 1.82) is 0 Å². The molecule has 1 saturated heterocycles. The van der Waals surface area contributed by atoms with Crippen molar-refractivity contribution in [2.24, 2.45) is 0 Å². The van der Waals surface area contributed by atoms with Crippen LogP contribution in [0.3, 0.4) is 0 Å².